The highest BCUT2D eigenvalue weighted by molar-refractivity contribution is 5.74. The molecule has 0 amide bonds. The molecular weight excluding hydrogens is 142 g/mol. The molecule has 0 radical (unpaired) electrons. The molecule has 2 N–H and O–H groups in total. The van der Waals surface area contributed by atoms with Gasteiger partial charge >= 0.3 is 5.97 Å². The van der Waals surface area contributed by atoms with Crippen molar-refractivity contribution >= 4 is 5.97 Å². The van der Waals surface area contributed by atoms with Crippen LogP contribution in [0.15, 0.2) is 0 Å². The number of hydrogen-bond acceptors (Lipinski definition) is 3. The highest BCUT2D eigenvalue weighted by atomic mass is 16.5. The Morgan fingerprint density at radius 2 is 2.00 bits per heavy atom. The highest BCUT2D eigenvalue weighted by Gasteiger charge is 2.06. The van der Waals surface area contributed by atoms with Crippen molar-refractivity contribution in [2.24, 2.45) is 5.73 Å². The largest absolute Gasteiger partial charge is 0.465 e. The first-order valence-corrected chi connectivity index (χ1v) is 4.10. The lowest BCUT2D eigenvalue weighted by Gasteiger charge is -2.03. The first kappa shape index (κ1) is 13.1. The zero-order valence-corrected chi connectivity index (χ0v) is 7.89. The third kappa shape index (κ3) is 9.43. The van der Waals surface area contributed by atoms with Crippen LogP contribution >= 0.6 is 0 Å². The predicted octanol–water partition coefficient (Wildman–Crippen LogP) is 1.31. The number of carbonyl (C=O) groups is 1. The summed E-state index contributed by atoms with van der Waals surface area (Å²) in [4.78, 5) is 10.6. The van der Waals surface area contributed by atoms with Gasteiger partial charge in [0.1, 0.15) is 6.04 Å². The second-order valence-corrected chi connectivity index (χ2v) is 1.96. The highest BCUT2D eigenvalue weighted by Crippen LogP contribution is 1.85. The van der Waals surface area contributed by atoms with E-state index < -0.39 is 6.04 Å². The molecule has 3 heteroatoms. The van der Waals surface area contributed by atoms with Gasteiger partial charge in [-0.15, -0.1) is 0 Å². The van der Waals surface area contributed by atoms with Gasteiger partial charge in [-0.2, -0.15) is 0 Å². The number of hydrogen-bond donors (Lipinski definition) is 1. The minimum absolute atomic E-state index is 0.322. The maximum Gasteiger partial charge on any atom is 0.322 e. The number of nitrogens with two attached hydrogens (primary N) is 1. The molecule has 0 aromatic heterocycles. The van der Waals surface area contributed by atoms with Gasteiger partial charge in [0.05, 0.1) is 6.61 Å². The molecule has 1 unspecified atom stereocenters. The lowest BCUT2D eigenvalue weighted by molar-refractivity contribution is -0.144. The van der Waals surface area contributed by atoms with Crippen LogP contribution in [-0.4, -0.2) is 18.6 Å². The van der Waals surface area contributed by atoms with Crippen LogP contribution in [0, 0.1) is 0 Å². The van der Waals surface area contributed by atoms with E-state index in [1.54, 1.807) is 6.92 Å². The van der Waals surface area contributed by atoms with E-state index in [9.17, 15) is 4.79 Å². The smallest absolute Gasteiger partial charge is 0.322 e. The normalized spacial score (nSPS) is 11.0. The number of carbonyl (C=O) groups excluding carboxylic acids is 1. The molecule has 0 fully saturated rings. The quantitative estimate of drug-likeness (QED) is 0.635. The van der Waals surface area contributed by atoms with Crippen LogP contribution in [0.3, 0.4) is 0 Å². The third-order valence-electron chi connectivity index (χ3n) is 0.820. The minimum atomic E-state index is -0.489. The van der Waals surface area contributed by atoms with E-state index in [0.717, 1.165) is 6.42 Å². The van der Waals surface area contributed by atoms with Gasteiger partial charge < -0.3 is 10.5 Å². The van der Waals surface area contributed by atoms with Crippen LogP contribution in [0.1, 0.15) is 34.1 Å². The van der Waals surface area contributed by atoms with E-state index in [0.29, 0.717) is 6.61 Å². The Morgan fingerprint density at radius 3 is 2.27 bits per heavy atom. The van der Waals surface area contributed by atoms with Crippen molar-refractivity contribution in [3.05, 3.63) is 0 Å². The molecule has 3 nitrogen and oxygen atoms in total. The molecule has 0 aromatic carbocycles. The SMILES string of the molecule is CC.CCCOC(=O)C(C)N. The summed E-state index contributed by atoms with van der Waals surface area (Å²) in [7, 11) is 0. The fourth-order valence-corrected chi connectivity index (χ4v) is 0.334. The summed E-state index contributed by atoms with van der Waals surface area (Å²) in [6.07, 6.45) is 0.846. The Bertz CT molecular complexity index is 92.1. The van der Waals surface area contributed by atoms with E-state index >= 15 is 0 Å². The van der Waals surface area contributed by atoms with Crippen molar-refractivity contribution in [2.45, 2.75) is 40.2 Å². The van der Waals surface area contributed by atoms with Crippen molar-refractivity contribution in [1.29, 1.82) is 0 Å². The molecule has 0 bridgehead atoms. The second-order valence-electron chi connectivity index (χ2n) is 1.96. The summed E-state index contributed by atoms with van der Waals surface area (Å²) >= 11 is 0. The number of esters is 1. The minimum Gasteiger partial charge on any atom is -0.465 e. The summed E-state index contributed by atoms with van der Waals surface area (Å²) in [6, 6.07) is -0.489. The molecule has 11 heavy (non-hydrogen) atoms. The molecule has 68 valence electrons. The standard InChI is InChI=1S/C6H13NO2.C2H6/c1-3-4-9-6(8)5(2)7;1-2/h5H,3-4,7H2,1-2H3;1-2H3. The van der Waals surface area contributed by atoms with Crippen molar-refractivity contribution in [3.8, 4) is 0 Å². The van der Waals surface area contributed by atoms with Crippen LogP contribution in [0.25, 0.3) is 0 Å². The Labute approximate surface area is 68.9 Å². The molecule has 0 saturated heterocycles. The van der Waals surface area contributed by atoms with Crippen molar-refractivity contribution in [3.63, 3.8) is 0 Å². The third-order valence-corrected chi connectivity index (χ3v) is 0.820. The maximum absolute atomic E-state index is 10.6. The summed E-state index contributed by atoms with van der Waals surface area (Å²) in [5.74, 6) is -0.322. The molecule has 0 aliphatic heterocycles. The Morgan fingerprint density at radius 1 is 1.55 bits per heavy atom. The molecule has 0 aliphatic rings. The van der Waals surface area contributed by atoms with Crippen LogP contribution in [0.4, 0.5) is 0 Å². The summed E-state index contributed by atoms with van der Waals surface area (Å²) in [6.45, 7) is 8.02. The van der Waals surface area contributed by atoms with Gasteiger partial charge in [0.2, 0.25) is 0 Å². The average Bonchev–Trinajstić information content (AvgIpc) is 2.03. The van der Waals surface area contributed by atoms with E-state index in [2.05, 4.69) is 4.74 Å². The van der Waals surface area contributed by atoms with Crippen LogP contribution in [-0.2, 0) is 9.53 Å². The lowest BCUT2D eigenvalue weighted by atomic mass is 10.4. The van der Waals surface area contributed by atoms with Gasteiger partial charge in [0, 0.05) is 0 Å². The van der Waals surface area contributed by atoms with Gasteiger partial charge in [-0.05, 0) is 13.3 Å². The van der Waals surface area contributed by atoms with Gasteiger partial charge in [-0.3, -0.25) is 4.79 Å². The van der Waals surface area contributed by atoms with E-state index in [4.69, 9.17) is 5.73 Å². The van der Waals surface area contributed by atoms with E-state index in [-0.39, 0.29) is 5.97 Å². The average molecular weight is 161 g/mol. The topological polar surface area (TPSA) is 52.3 Å². The van der Waals surface area contributed by atoms with E-state index in [1.807, 2.05) is 20.8 Å². The molecule has 0 heterocycles. The van der Waals surface area contributed by atoms with Crippen molar-refractivity contribution < 1.29 is 9.53 Å². The molecule has 0 aliphatic carbocycles. The fourth-order valence-electron chi connectivity index (χ4n) is 0.334. The van der Waals surface area contributed by atoms with Gasteiger partial charge in [-0.25, -0.2) is 0 Å². The first-order chi connectivity index (χ1) is 5.18. The van der Waals surface area contributed by atoms with Gasteiger partial charge in [0.25, 0.3) is 0 Å². The zero-order chi connectivity index (χ0) is 9.28. The van der Waals surface area contributed by atoms with Crippen LogP contribution in [0.2, 0.25) is 0 Å². The Kier molecular flexibility index (Phi) is 11.2. The van der Waals surface area contributed by atoms with Crippen LogP contribution in [0.5, 0.6) is 0 Å². The Balaban J connectivity index is 0. The fraction of sp³-hybridized carbons (Fsp3) is 0.875. The van der Waals surface area contributed by atoms with Gasteiger partial charge in [0.15, 0.2) is 0 Å². The zero-order valence-electron chi connectivity index (χ0n) is 7.89. The number of ether oxygens (including phenoxy) is 1. The van der Waals surface area contributed by atoms with E-state index in [1.165, 1.54) is 0 Å². The molecular formula is C8H19NO2. The summed E-state index contributed by atoms with van der Waals surface area (Å²) in [5.41, 5.74) is 5.20. The van der Waals surface area contributed by atoms with Crippen LogP contribution < -0.4 is 5.73 Å². The predicted molar refractivity (Wildman–Crippen MR) is 46.2 cm³/mol. The second kappa shape index (κ2) is 9.43. The first-order valence-electron chi connectivity index (χ1n) is 4.10. The number of rotatable bonds is 3. The monoisotopic (exact) mass is 161 g/mol. The lowest BCUT2D eigenvalue weighted by Crippen LogP contribution is -2.28. The summed E-state index contributed by atoms with van der Waals surface area (Å²) in [5, 5.41) is 0. The summed E-state index contributed by atoms with van der Waals surface area (Å²) < 4.78 is 4.69. The molecule has 0 saturated carbocycles. The van der Waals surface area contributed by atoms with Crippen molar-refractivity contribution in [2.75, 3.05) is 6.61 Å². The molecule has 0 aromatic rings. The van der Waals surface area contributed by atoms with Gasteiger partial charge in [-0.1, -0.05) is 20.8 Å². The molecule has 0 rings (SSSR count). The van der Waals surface area contributed by atoms with Crippen molar-refractivity contribution in [1.82, 2.24) is 0 Å². The Hall–Kier alpha value is -0.570. The maximum atomic E-state index is 10.6. The molecule has 0 spiro atoms. The molecule has 1 atom stereocenters.